The largest absolute Gasteiger partial charge is 0.327 e. The summed E-state index contributed by atoms with van der Waals surface area (Å²) in [4.78, 5) is 27.9. The molecule has 5 nitrogen and oxygen atoms in total. The molecule has 2 aromatic carbocycles. The molecule has 154 valence electrons. The molecule has 0 aromatic heterocycles. The number of halogens is 1. The first-order valence-corrected chi connectivity index (χ1v) is 10.2. The minimum absolute atomic E-state index is 0.0518. The minimum atomic E-state index is -0.330. The van der Waals surface area contributed by atoms with Crippen molar-refractivity contribution < 1.29 is 18.9 Å². The predicted molar refractivity (Wildman–Crippen MR) is 111 cm³/mol. The van der Waals surface area contributed by atoms with Crippen LogP contribution in [0.2, 0.25) is 0 Å². The summed E-state index contributed by atoms with van der Waals surface area (Å²) in [5.41, 5.74) is 2.55. The lowest BCUT2D eigenvalue weighted by Gasteiger charge is -2.32. The number of carbonyl (C=O) groups is 2. The molecule has 1 saturated heterocycles. The van der Waals surface area contributed by atoms with E-state index in [1.54, 1.807) is 12.1 Å². The van der Waals surface area contributed by atoms with Gasteiger partial charge in [0.15, 0.2) is 6.54 Å². The summed E-state index contributed by atoms with van der Waals surface area (Å²) in [7, 11) is 0. The number of carbonyl (C=O) groups excluding carboxylic acids is 2. The van der Waals surface area contributed by atoms with E-state index < -0.39 is 0 Å². The lowest BCUT2D eigenvalue weighted by Crippen LogP contribution is -3.15. The molecule has 2 amide bonds. The first-order chi connectivity index (χ1) is 13.9. The molecule has 0 saturated carbocycles. The molecule has 0 radical (unpaired) electrons. The lowest BCUT2D eigenvalue weighted by molar-refractivity contribution is -0.895. The molecule has 2 N–H and O–H groups in total. The van der Waals surface area contributed by atoms with E-state index in [2.05, 4.69) is 19.2 Å². The lowest BCUT2D eigenvalue weighted by atomic mass is 10.0. The van der Waals surface area contributed by atoms with E-state index in [1.807, 2.05) is 29.2 Å². The van der Waals surface area contributed by atoms with Crippen LogP contribution in [0.5, 0.6) is 0 Å². The predicted octanol–water partition coefficient (Wildman–Crippen LogP) is 2.00. The summed E-state index contributed by atoms with van der Waals surface area (Å²) in [5.74, 6) is 0.208. The van der Waals surface area contributed by atoms with Gasteiger partial charge in [0.05, 0.1) is 26.2 Å². The van der Waals surface area contributed by atoms with Gasteiger partial charge in [-0.25, -0.2) is 4.39 Å². The molecule has 3 rings (SSSR count). The van der Waals surface area contributed by atoms with Crippen LogP contribution >= 0.6 is 0 Å². The second-order valence-corrected chi connectivity index (χ2v) is 8.07. The van der Waals surface area contributed by atoms with Crippen LogP contribution in [0.4, 0.5) is 10.1 Å². The van der Waals surface area contributed by atoms with Crippen LogP contribution in [0.1, 0.15) is 29.8 Å². The van der Waals surface area contributed by atoms with E-state index in [1.165, 1.54) is 17.7 Å². The number of anilines is 1. The van der Waals surface area contributed by atoms with E-state index >= 15 is 0 Å². The summed E-state index contributed by atoms with van der Waals surface area (Å²) in [6, 6.07) is 13.6. The van der Waals surface area contributed by atoms with E-state index in [-0.39, 0.29) is 17.6 Å². The maximum atomic E-state index is 12.9. The summed E-state index contributed by atoms with van der Waals surface area (Å²) >= 11 is 0. The molecule has 6 heteroatoms. The molecular weight excluding hydrogens is 369 g/mol. The third kappa shape index (κ3) is 6.12. The van der Waals surface area contributed by atoms with Crippen molar-refractivity contribution in [2.24, 2.45) is 5.92 Å². The van der Waals surface area contributed by atoms with Crippen LogP contribution in [0.3, 0.4) is 0 Å². The molecule has 1 aliphatic heterocycles. The highest BCUT2D eigenvalue weighted by Gasteiger charge is 2.26. The topological polar surface area (TPSA) is 53.9 Å². The zero-order chi connectivity index (χ0) is 20.8. The van der Waals surface area contributed by atoms with Crippen LogP contribution in [-0.2, 0) is 11.2 Å². The van der Waals surface area contributed by atoms with Gasteiger partial charge in [-0.3, -0.25) is 9.59 Å². The maximum absolute atomic E-state index is 12.9. The Balaban J connectivity index is 1.46. The Morgan fingerprint density at radius 3 is 2.24 bits per heavy atom. The number of piperazine rings is 1. The number of quaternary nitrogens is 1. The standard InChI is InChI=1S/C23H28FN3O2/c1-17(2)15-18-3-5-19(6-4-18)23(29)27-13-11-26(12-14-27)16-22(28)25-21-9-7-20(24)8-10-21/h3-10,17H,11-16H2,1-2H3,(H,25,28)/p+1. The zero-order valence-electron chi connectivity index (χ0n) is 17.1. The van der Waals surface area contributed by atoms with Gasteiger partial charge >= 0.3 is 0 Å². The number of hydrogen-bond donors (Lipinski definition) is 2. The molecule has 0 spiro atoms. The maximum Gasteiger partial charge on any atom is 0.279 e. The summed E-state index contributed by atoms with van der Waals surface area (Å²) in [6.45, 7) is 7.42. The van der Waals surface area contributed by atoms with Gasteiger partial charge in [-0.2, -0.15) is 0 Å². The van der Waals surface area contributed by atoms with Crippen molar-refractivity contribution >= 4 is 17.5 Å². The highest BCUT2D eigenvalue weighted by molar-refractivity contribution is 5.94. The average molecular weight is 399 g/mol. The number of benzene rings is 2. The first kappa shape index (κ1) is 21.0. The second kappa shape index (κ2) is 9.65. The Morgan fingerprint density at radius 2 is 1.66 bits per heavy atom. The fraction of sp³-hybridized carbons (Fsp3) is 0.391. The van der Waals surface area contributed by atoms with Gasteiger partial charge in [0, 0.05) is 11.3 Å². The molecule has 1 heterocycles. The number of nitrogens with one attached hydrogen (secondary N) is 2. The molecule has 0 bridgehead atoms. The number of hydrogen-bond acceptors (Lipinski definition) is 2. The Kier molecular flexibility index (Phi) is 6.99. The molecular formula is C23H29FN3O2+. The zero-order valence-corrected chi connectivity index (χ0v) is 17.1. The second-order valence-electron chi connectivity index (χ2n) is 8.07. The Bertz CT molecular complexity index is 826. The van der Waals surface area contributed by atoms with Crippen molar-refractivity contribution in [2.75, 3.05) is 38.0 Å². The first-order valence-electron chi connectivity index (χ1n) is 10.2. The van der Waals surface area contributed by atoms with E-state index in [4.69, 9.17) is 0 Å². The number of nitrogens with zero attached hydrogens (tertiary/aromatic N) is 1. The number of amides is 2. The van der Waals surface area contributed by atoms with Gasteiger partial charge < -0.3 is 15.1 Å². The Labute approximate surface area is 171 Å². The molecule has 0 aliphatic carbocycles. The molecule has 29 heavy (non-hydrogen) atoms. The smallest absolute Gasteiger partial charge is 0.279 e. The quantitative estimate of drug-likeness (QED) is 0.782. The Hall–Kier alpha value is -2.73. The average Bonchev–Trinajstić information content (AvgIpc) is 2.70. The van der Waals surface area contributed by atoms with Crippen molar-refractivity contribution in [1.29, 1.82) is 0 Å². The monoisotopic (exact) mass is 398 g/mol. The van der Waals surface area contributed by atoms with Crippen molar-refractivity contribution in [3.8, 4) is 0 Å². The summed E-state index contributed by atoms with van der Waals surface area (Å²) < 4.78 is 12.9. The van der Waals surface area contributed by atoms with Crippen LogP contribution in [0.15, 0.2) is 48.5 Å². The van der Waals surface area contributed by atoms with Crippen molar-refractivity contribution in [3.63, 3.8) is 0 Å². The fourth-order valence-electron chi connectivity index (χ4n) is 3.61. The highest BCUT2D eigenvalue weighted by atomic mass is 19.1. The van der Waals surface area contributed by atoms with Crippen LogP contribution < -0.4 is 10.2 Å². The van der Waals surface area contributed by atoms with Crippen LogP contribution in [-0.4, -0.2) is 49.4 Å². The third-order valence-corrected chi connectivity index (χ3v) is 5.14. The Morgan fingerprint density at radius 1 is 1.03 bits per heavy atom. The van der Waals surface area contributed by atoms with Gasteiger partial charge in [-0.05, 0) is 54.3 Å². The molecule has 0 unspecified atom stereocenters. The van der Waals surface area contributed by atoms with Gasteiger partial charge in [0.2, 0.25) is 0 Å². The molecule has 0 atom stereocenters. The van der Waals surface area contributed by atoms with Crippen molar-refractivity contribution in [1.82, 2.24) is 4.90 Å². The van der Waals surface area contributed by atoms with Gasteiger partial charge in [0.1, 0.15) is 5.82 Å². The normalized spacial score (nSPS) is 14.8. The molecule has 1 fully saturated rings. The third-order valence-electron chi connectivity index (χ3n) is 5.14. The van der Waals surface area contributed by atoms with Crippen LogP contribution in [0, 0.1) is 11.7 Å². The fourth-order valence-corrected chi connectivity index (χ4v) is 3.61. The van der Waals surface area contributed by atoms with E-state index in [9.17, 15) is 14.0 Å². The van der Waals surface area contributed by atoms with Crippen molar-refractivity contribution in [3.05, 3.63) is 65.5 Å². The van der Waals surface area contributed by atoms with Gasteiger partial charge in [-0.15, -0.1) is 0 Å². The highest BCUT2D eigenvalue weighted by Crippen LogP contribution is 2.12. The van der Waals surface area contributed by atoms with Gasteiger partial charge in [0.25, 0.3) is 11.8 Å². The van der Waals surface area contributed by atoms with Gasteiger partial charge in [-0.1, -0.05) is 26.0 Å². The minimum Gasteiger partial charge on any atom is -0.327 e. The number of rotatable bonds is 6. The van der Waals surface area contributed by atoms with Crippen molar-refractivity contribution in [2.45, 2.75) is 20.3 Å². The molecule has 1 aliphatic rings. The van der Waals surface area contributed by atoms with E-state index in [0.29, 0.717) is 31.2 Å². The summed E-state index contributed by atoms with van der Waals surface area (Å²) in [6.07, 6.45) is 1.01. The summed E-state index contributed by atoms with van der Waals surface area (Å²) in [5, 5.41) is 2.79. The molecule has 2 aromatic rings. The SMILES string of the molecule is CC(C)Cc1ccc(C(=O)N2CC[NH+](CC(=O)Nc3ccc(F)cc3)CC2)cc1. The van der Waals surface area contributed by atoms with Crippen LogP contribution in [0.25, 0.3) is 0 Å². The van der Waals surface area contributed by atoms with E-state index in [0.717, 1.165) is 30.0 Å².